The van der Waals surface area contributed by atoms with Crippen LogP contribution in [-0.4, -0.2) is 41.2 Å². The summed E-state index contributed by atoms with van der Waals surface area (Å²) in [6.07, 6.45) is 1.75. The van der Waals surface area contributed by atoms with Gasteiger partial charge in [0.15, 0.2) is 0 Å². The quantitative estimate of drug-likeness (QED) is 0.728. The molecule has 1 aromatic heterocycles. The van der Waals surface area contributed by atoms with Crippen molar-refractivity contribution in [3.05, 3.63) is 28.5 Å². The van der Waals surface area contributed by atoms with Crippen LogP contribution in [0.25, 0.3) is 0 Å². The molecule has 0 aromatic carbocycles. The van der Waals surface area contributed by atoms with Gasteiger partial charge in [-0.15, -0.1) is 0 Å². The van der Waals surface area contributed by atoms with Gasteiger partial charge in [0.05, 0.1) is 0 Å². The molecule has 0 saturated carbocycles. The van der Waals surface area contributed by atoms with E-state index in [1.165, 1.54) is 0 Å². The zero-order chi connectivity index (χ0) is 14.3. The maximum absolute atomic E-state index is 11.5. The third-order valence-corrected chi connectivity index (χ3v) is 3.05. The lowest BCUT2D eigenvalue weighted by Gasteiger charge is -2.15. The van der Waals surface area contributed by atoms with E-state index in [0.29, 0.717) is 16.8 Å². The fourth-order valence-corrected chi connectivity index (χ4v) is 1.83. The number of aliphatic carboxylic acids is 1. The first kappa shape index (κ1) is 15.6. The Hall–Kier alpha value is -1.47. The lowest BCUT2D eigenvalue weighted by Crippen LogP contribution is -2.44. The van der Waals surface area contributed by atoms with Crippen LogP contribution in [0.15, 0.2) is 22.9 Å². The van der Waals surface area contributed by atoms with Gasteiger partial charge in [0.1, 0.15) is 17.3 Å². The molecule has 0 aliphatic carbocycles. The highest BCUT2D eigenvalue weighted by Crippen LogP contribution is 2.14. The minimum absolute atomic E-state index is 0.144. The molecule has 0 radical (unpaired) electrons. The monoisotopic (exact) mass is 330 g/mol. The Labute approximate surface area is 119 Å². The number of carbonyl (C=O) groups excluding carboxylic acids is 1. The number of ether oxygens (including phenoxy) is 1. The summed E-state index contributed by atoms with van der Waals surface area (Å²) >= 11 is 3.24. The van der Waals surface area contributed by atoms with Crippen LogP contribution < -0.4 is 5.32 Å². The Bertz CT molecular complexity index is 453. The molecule has 0 unspecified atom stereocenters. The Balaban J connectivity index is 2.66. The summed E-state index contributed by atoms with van der Waals surface area (Å²) in [7, 11) is 0. The van der Waals surface area contributed by atoms with Gasteiger partial charge in [-0.05, 0) is 34.5 Å². The minimum atomic E-state index is -1.10. The summed E-state index contributed by atoms with van der Waals surface area (Å²) in [4.78, 5) is 26.6. The highest BCUT2D eigenvalue weighted by atomic mass is 79.9. The number of aromatic nitrogens is 1. The molecule has 0 spiro atoms. The molecule has 0 bridgehead atoms. The summed E-state index contributed by atoms with van der Waals surface area (Å²) < 4.78 is 5.49. The number of nitrogens with one attached hydrogen (secondary N) is 1. The predicted molar refractivity (Wildman–Crippen MR) is 71.7 cm³/mol. The van der Waals surface area contributed by atoms with Gasteiger partial charge in [0.25, 0.3) is 0 Å². The molecule has 0 aliphatic heterocycles. The molecule has 104 valence electrons. The van der Waals surface area contributed by atoms with Gasteiger partial charge in [-0.25, -0.2) is 9.78 Å². The van der Waals surface area contributed by atoms with Crippen molar-refractivity contribution in [3.8, 4) is 0 Å². The summed E-state index contributed by atoms with van der Waals surface area (Å²) in [5.74, 6) is -1.55. The summed E-state index contributed by atoms with van der Waals surface area (Å²) in [6.45, 7) is 2.02. The molecule has 0 saturated heterocycles. The number of amides is 1. The summed E-state index contributed by atoms with van der Waals surface area (Å²) in [5, 5.41) is 11.5. The van der Waals surface area contributed by atoms with Gasteiger partial charge < -0.3 is 15.2 Å². The number of carboxylic acids is 1. The van der Waals surface area contributed by atoms with E-state index >= 15 is 0 Å². The highest BCUT2D eigenvalue weighted by Gasteiger charge is 2.21. The molecule has 1 amide bonds. The first-order chi connectivity index (χ1) is 9.04. The van der Waals surface area contributed by atoms with E-state index in [4.69, 9.17) is 9.84 Å². The SMILES string of the molecule is CCOCC(=O)N[C@H](Cc1cccnc1Br)C(=O)O. The third-order valence-electron chi connectivity index (χ3n) is 2.33. The molecule has 0 fully saturated rings. The molecule has 1 rings (SSSR count). The lowest BCUT2D eigenvalue weighted by molar-refractivity contribution is -0.142. The van der Waals surface area contributed by atoms with Crippen molar-refractivity contribution in [2.24, 2.45) is 0 Å². The Morgan fingerprint density at radius 3 is 2.89 bits per heavy atom. The molecule has 7 heteroatoms. The standard InChI is InChI=1S/C12H15BrN2O4/c1-2-19-7-10(16)15-9(12(17)18)6-8-4-3-5-14-11(8)13/h3-5,9H,2,6-7H2,1H3,(H,15,16)(H,17,18)/t9-/m1/s1. The summed E-state index contributed by atoms with van der Waals surface area (Å²) in [6, 6.07) is 2.45. The van der Waals surface area contributed by atoms with Crippen LogP contribution in [0.4, 0.5) is 0 Å². The average Bonchev–Trinajstić information content (AvgIpc) is 2.38. The molecular formula is C12H15BrN2O4. The van der Waals surface area contributed by atoms with Crippen molar-refractivity contribution >= 4 is 27.8 Å². The van der Waals surface area contributed by atoms with Crippen LogP contribution in [0, 0.1) is 0 Å². The fraction of sp³-hybridized carbons (Fsp3) is 0.417. The number of rotatable bonds is 7. The number of halogens is 1. The van der Waals surface area contributed by atoms with E-state index in [9.17, 15) is 9.59 Å². The number of carboxylic acid groups (broad SMARTS) is 1. The predicted octanol–water partition coefficient (Wildman–Crippen LogP) is 0.992. The second-order valence-corrected chi connectivity index (χ2v) is 4.50. The highest BCUT2D eigenvalue weighted by molar-refractivity contribution is 9.10. The molecular weight excluding hydrogens is 316 g/mol. The zero-order valence-electron chi connectivity index (χ0n) is 10.4. The van der Waals surface area contributed by atoms with E-state index < -0.39 is 17.9 Å². The topological polar surface area (TPSA) is 88.5 Å². The molecule has 1 atom stereocenters. The van der Waals surface area contributed by atoms with Gasteiger partial charge in [-0.2, -0.15) is 0 Å². The Morgan fingerprint density at radius 1 is 1.58 bits per heavy atom. The maximum Gasteiger partial charge on any atom is 0.326 e. The van der Waals surface area contributed by atoms with Crippen LogP contribution in [0.2, 0.25) is 0 Å². The smallest absolute Gasteiger partial charge is 0.326 e. The van der Waals surface area contributed by atoms with Crippen LogP contribution in [0.5, 0.6) is 0 Å². The van der Waals surface area contributed by atoms with Crippen LogP contribution in [0.3, 0.4) is 0 Å². The van der Waals surface area contributed by atoms with Gasteiger partial charge in [-0.1, -0.05) is 6.07 Å². The normalized spacial score (nSPS) is 11.9. The number of hydrogen-bond acceptors (Lipinski definition) is 4. The van der Waals surface area contributed by atoms with Gasteiger partial charge in [0, 0.05) is 19.2 Å². The average molecular weight is 331 g/mol. The minimum Gasteiger partial charge on any atom is -0.480 e. The number of hydrogen-bond donors (Lipinski definition) is 2. The molecule has 0 aliphatic rings. The second kappa shape index (κ2) is 7.85. The molecule has 6 nitrogen and oxygen atoms in total. The summed E-state index contributed by atoms with van der Waals surface area (Å²) in [5.41, 5.74) is 0.714. The molecule has 1 aromatic rings. The van der Waals surface area contributed by atoms with E-state index in [1.807, 2.05) is 0 Å². The fourth-order valence-electron chi connectivity index (χ4n) is 1.42. The Morgan fingerprint density at radius 2 is 2.32 bits per heavy atom. The van der Waals surface area contributed by atoms with Gasteiger partial charge in [-0.3, -0.25) is 4.79 Å². The van der Waals surface area contributed by atoms with Crippen molar-refractivity contribution in [3.63, 3.8) is 0 Å². The van der Waals surface area contributed by atoms with E-state index in [1.54, 1.807) is 25.3 Å². The van der Waals surface area contributed by atoms with Crippen LogP contribution >= 0.6 is 15.9 Å². The van der Waals surface area contributed by atoms with Gasteiger partial charge >= 0.3 is 5.97 Å². The maximum atomic E-state index is 11.5. The van der Waals surface area contributed by atoms with Gasteiger partial charge in [0.2, 0.25) is 5.91 Å². The molecule has 2 N–H and O–H groups in total. The van der Waals surface area contributed by atoms with Crippen LogP contribution in [0.1, 0.15) is 12.5 Å². The Kier molecular flexibility index (Phi) is 6.44. The first-order valence-corrected chi connectivity index (χ1v) is 6.53. The van der Waals surface area contributed by atoms with Crippen LogP contribution in [-0.2, 0) is 20.7 Å². The lowest BCUT2D eigenvalue weighted by atomic mass is 10.1. The number of carbonyl (C=O) groups is 2. The number of pyridine rings is 1. The van der Waals surface area contributed by atoms with E-state index in [-0.39, 0.29) is 13.0 Å². The van der Waals surface area contributed by atoms with Crippen molar-refractivity contribution in [1.82, 2.24) is 10.3 Å². The van der Waals surface area contributed by atoms with Crippen molar-refractivity contribution < 1.29 is 19.4 Å². The number of nitrogens with zero attached hydrogens (tertiary/aromatic N) is 1. The van der Waals surface area contributed by atoms with E-state index in [0.717, 1.165) is 0 Å². The largest absolute Gasteiger partial charge is 0.480 e. The van der Waals surface area contributed by atoms with E-state index in [2.05, 4.69) is 26.2 Å². The van der Waals surface area contributed by atoms with Crippen molar-refractivity contribution in [2.45, 2.75) is 19.4 Å². The van der Waals surface area contributed by atoms with Crippen molar-refractivity contribution in [2.75, 3.05) is 13.2 Å². The first-order valence-electron chi connectivity index (χ1n) is 5.74. The molecule has 1 heterocycles. The second-order valence-electron chi connectivity index (χ2n) is 3.75. The molecule has 19 heavy (non-hydrogen) atoms. The zero-order valence-corrected chi connectivity index (χ0v) is 12.0. The van der Waals surface area contributed by atoms with Crippen molar-refractivity contribution in [1.29, 1.82) is 0 Å². The third kappa shape index (κ3) is 5.35.